The molecule has 0 amide bonds. The third-order valence-corrected chi connectivity index (χ3v) is 1.47. The van der Waals surface area contributed by atoms with Crippen LogP contribution in [0.5, 0.6) is 6.01 Å². The van der Waals surface area contributed by atoms with E-state index >= 15 is 0 Å². The molecule has 17 heavy (non-hydrogen) atoms. The largest absolute Gasteiger partial charge is 0.441 e. The van der Waals surface area contributed by atoms with Gasteiger partial charge >= 0.3 is 18.4 Å². The number of nitrogen functional groups attached to an aromatic ring is 1. The molecule has 1 aromatic rings. The molecular formula is C7H5F6N3O. The number of halogens is 6. The molecular weight excluding hydrogens is 256 g/mol. The molecule has 1 aromatic heterocycles. The first kappa shape index (κ1) is 13.3. The second-order valence-corrected chi connectivity index (χ2v) is 2.88. The Morgan fingerprint density at radius 1 is 1.00 bits per heavy atom. The Labute approximate surface area is 90.4 Å². The quantitative estimate of drug-likeness (QED) is 0.826. The summed E-state index contributed by atoms with van der Waals surface area (Å²) in [6, 6.07) is -1.06. The highest BCUT2D eigenvalue weighted by Crippen LogP contribution is 2.35. The van der Waals surface area contributed by atoms with Crippen LogP contribution in [0.2, 0.25) is 0 Å². The standard InChI is InChI=1S/C7H5F6N3O/c8-6(9,10)4(7(11,12)13)17-5-15-1-3(14)2-16-5/h1-2,4H,14H2. The van der Waals surface area contributed by atoms with Crippen LogP contribution in [0.4, 0.5) is 32.0 Å². The Morgan fingerprint density at radius 3 is 1.76 bits per heavy atom. The molecule has 0 unspecified atom stereocenters. The number of aromatic nitrogens is 2. The molecule has 96 valence electrons. The SMILES string of the molecule is Nc1cnc(OC(C(F)(F)F)C(F)(F)F)nc1. The molecule has 0 saturated carbocycles. The molecule has 4 nitrogen and oxygen atoms in total. The van der Waals surface area contributed by atoms with Gasteiger partial charge in [-0.2, -0.15) is 26.3 Å². The Morgan fingerprint density at radius 2 is 1.41 bits per heavy atom. The minimum Gasteiger partial charge on any atom is -0.441 e. The summed E-state index contributed by atoms with van der Waals surface area (Å²) in [4.78, 5) is 6.17. The number of alkyl halides is 6. The Bertz CT molecular complexity index is 359. The van der Waals surface area contributed by atoms with Gasteiger partial charge in [-0.15, -0.1) is 0 Å². The molecule has 0 saturated heterocycles. The van der Waals surface area contributed by atoms with E-state index < -0.39 is 24.5 Å². The van der Waals surface area contributed by atoms with E-state index in [1.165, 1.54) is 0 Å². The molecule has 0 atom stereocenters. The van der Waals surface area contributed by atoms with Gasteiger partial charge in [-0.25, -0.2) is 9.97 Å². The molecule has 0 fully saturated rings. The zero-order valence-electron chi connectivity index (χ0n) is 7.88. The summed E-state index contributed by atoms with van der Waals surface area (Å²) in [5.41, 5.74) is 5.08. The molecule has 0 radical (unpaired) electrons. The highest BCUT2D eigenvalue weighted by atomic mass is 19.4. The zero-order valence-corrected chi connectivity index (χ0v) is 7.88. The maximum absolute atomic E-state index is 12.1. The fourth-order valence-electron chi connectivity index (χ4n) is 0.812. The van der Waals surface area contributed by atoms with E-state index in [4.69, 9.17) is 5.73 Å². The summed E-state index contributed by atoms with van der Waals surface area (Å²) in [5.74, 6) is 0. The topological polar surface area (TPSA) is 61.0 Å². The van der Waals surface area contributed by atoms with Gasteiger partial charge in [0.1, 0.15) is 0 Å². The lowest BCUT2D eigenvalue weighted by molar-refractivity contribution is -0.301. The number of rotatable bonds is 2. The van der Waals surface area contributed by atoms with Crippen LogP contribution in [0.1, 0.15) is 0 Å². The fourth-order valence-corrected chi connectivity index (χ4v) is 0.812. The van der Waals surface area contributed by atoms with Crippen molar-refractivity contribution >= 4 is 5.69 Å². The van der Waals surface area contributed by atoms with Gasteiger partial charge in [0.2, 0.25) is 0 Å². The second kappa shape index (κ2) is 4.26. The smallest absolute Gasteiger partial charge is 0.434 e. The minimum atomic E-state index is -5.61. The van der Waals surface area contributed by atoms with E-state index in [2.05, 4.69) is 14.7 Å². The van der Waals surface area contributed by atoms with Crippen LogP contribution in [-0.2, 0) is 0 Å². The van der Waals surface area contributed by atoms with Crippen LogP contribution in [0.3, 0.4) is 0 Å². The number of hydrogen-bond acceptors (Lipinski definition) is 4. The van der Waals surface area contributed by atoms with Gasteiger partial charge in [0.25, 0.3) is 6.10 Å². The van der Waals surface area contributed by atoms with E-state index in [0.717, 1.165) is 12.4 Å². The zero-order chi connectivity index (χ0) is 13.3. The highest BCUT2D eigenvalue weighted by molar-refractivity contribution is 5.30. The van der Waals surface area contributed by atoms with Gasteiger partial charge in [-0.05, 0) is 0 Å². The van der Waals surface area contributed by atoms with Crippen LogP contribution >= 0.6 is 0 Å². The van der Waals surface area contributed by atoms with Gasteiger partial charge in [-0.1, -0.05) is 0 Å². The fraction of sp³-hybridized carbons (Fsp3) is 0.429. The Hall–Kier alpha value is -1.74. The lowest BCUT2D eigenvalue weighted by Gasteiger charge is -2.22. The van der Waals surface area contributed by atoms with Gasteiger partial charge in [-0.3, -0.25) is 0 Å². The van der Waals surface area contributed by atoms with Gasteiger partial charge in [0.05, 0.1) is 18.1 Å². The summed E-state index contributed by atoms with van der Waals surface area (Å²) in [6.07, 6.45) is -13.5. The maximum Gasteiger partial charge on any atom is 0.434 e. The average molecular weight is 261 g/mol. The number of anilines is 1. The minimum absolute atomic E-state index is 0.0204. The van der Waals surface area contributed by atoms with Crippen molar-refractivity contribution in [1.29, 1.82) is 0 Å². The van der Waals surface area contributed by atoms with Crippen molar-refractivity contribution < 1.29 is 31.1 Å². The van der Waals surface area contributed by atoms with Crippen LogP contribution in [-0.4, -0.2) is 28.4 Å². The Balaban J connectivity index is 2.92. The molecule has 0 bridgehead atoms. The van der Waals surface area contributed by atoms with Crippen molar-refractivity contribution in [3.8, 4) is 6.01 Å². The number of ether oxygens (including phenoxy) is 1. The number of nitrogens with zero attached hydrogens (tertiary/aromatic N) is 2. The molecule has 10 heteroatoms. The van der Waals surface area contributed by atoms with Crippen molar-refractivity contribution in [3.63, 3.8) is 0 Å². The third-order valence-electron chi connectivity index (χ3n) is 1.47. The van der Waals surface area contributed by atoms with E-state index in [1.807, 2.05) is 0 Å². The first-order valence-corrected chi connectivity index (χ1v) is 3.98. The first-order chi connectivity index (χ1) is 7.60. The normalized spacial score (nSPS) is 12.9. The summed E-state index contributed by atoms with van der Waals surface area (Å²) in [7, 11) is 0. The molecule has 0 spiro atoms. The van der Waals surface area contributed by atoms with Crippen LogP contribution < -0.4 is 10.5 Å². The predicted octanol–water partition coefficient (Wildman–Crippen LogP) is 1.93. The second-order valence-electron chi connectivity index (χ2n) is 2.88. The summed E-state index contributed by atoms with van der Waals surface area (Å²) < 4.78 is 76.0. The van der Waals surface area contributed by atoms with Gasteiger partial charge < -0.3 is 10.5 Å². The van der Waals surface area contributed by atoms with Crippen molar-refractivity contribution in [2.75, 3.05) is 5.73 Å². The van der Waals surface area contributed by atoms with E-state index in [9.17, 15) is 26.3 Å². The summed E-state index contributed by atoms with van der Waals surface area (Å²) in [5, 5.41) is 0. The van der Waals surface area contributed by atoms with E-state index in [1.54, 1.807) is 0 Å². The first-order valence-electron chi connectivity index (χ1n) is 3.98. The van der Waals surface area contributed by atoms with E-state index in [0.29, 0.717) is 0 Å². The molecule has 1 heterocycles. The van der Waals surface area contributed by atoms with Crippen molar-refractivity contribution in [2.24, 2.45) is 0 Å². The lowest BCUT2D eigenvalue weighted by atomic mass is 10.3. The molecule has 2 N–H and O–H groups in total. The van der Waals surface area contributed by atoms with Crippen molar-refractivity contribution in [1.82, 2.24) is 9.97 Å². The predicted molar refractivity (Wildman–Crippen MR) is 43.0 cm³/mol. The van der Waals surface area contributed by atoms with Crippen LogP contribution in [0.15, 0.2) is 12.4 Å². The third kappa shape index (κ3) is 3.64. The average Bonchev–Trinajstić information content (AvgIpc) is 2.13. The molecule has 0 aromatic carbocycles. The molecule has 0 aliphatic carbocycles. The number of nitrogens with two attached hydrogens (primary N) is 1. The lowest BCUT2D eigenvalue weighted by Crippen LogP contribution is -2.46. The maximum atomic E-state index is 12.1. The summed E-state index contributed by atoms with van der Waals surface area (Å²) >= 11 is 0. The summed E-state index contributed by atoms with van der Waals surface area (Å²) in [6.45, 7) is 0. The van der Waals surface area contributed by atoms with Crippen LogP contribution in [0.25, 0.3) is 0 Å². The van der Waals surface area contributed by atoms with Crippen molar-refractivity contribution in [2.45, 2.75) is 18.5 Å². The highest BCUT2D eigenvalue weighted by Gasteiger charge is 2.59. The van der Waals surface area contributed by atoms with E-state index in [-0.39, 0.29) is 5.69 Å². The van der Waals surface area contributed by atoms with Gasteiger partial charge in [0, 0.05) is 0 Å². The molecule has 1 rings (SSSR count). The molecule has 0 aliphatic rings. The van der Waals surface area contributed by atoms with Crippen LogP contribution in [0, 0.1) is 0 Å². The number of hydrogen-bond donors (Lipinski definition) is 1. The Kier molecular flexibility index (Phi) is 3.34. The van der Waals surface area contributed by atoms with Crippen molar-refractivity contribution in [3.05, 3.63) is 12.4 Å². The van der Waals surface area contributed by atoms with Gasteiger partial charge in [0.15, 0.2) is 0 Å². The molecule has 0 aliphatic heterocycles. The monoisotopic (exact) mass is 261 g/mol.